The van der Waals surface area contributed by atoms with E-state index in [2.05, 4.69) is 15.3 Å². The van der Waals surface area contributed by atoms with Crippen LogP contribution in [0.5, 0.6) is 0 Å². The van der Waals surface area contributed by atoms with Gasteiger partial charge in [-0.2, -0.15) is 9.78 Å². The van der Waals surface area contributed by atoms with Crippen LogP contribution in [0.25, 0.3) is 16.7 Å². The van der Waals surface area contributed by atoms with E-state index in [1.165, 1.54) is 12.1 Å². The van der Waals surface area contributed by atoms with Gasteiger partial charge in [-0.05, 0) is 50.1 Å². The molecule has 1 fully saturated rings. The van der Waals surface area contributed by atoms with Crippen LogP contribution in [0.2, 0.25) is 0 Å². The number of para-hydroxylation sites is 1. The summed E-state index contributed by atoms with van der Waals surface area (Å²) in [6.07, 6.45) is 2.98. The summed E-state index contributed by atoms with van der Waals surface area (Å²) in [6, 6.07) is 8.10. The van der Waals surface area contributed by atoms with Crippen molar-refractivity contribution in [1.82, 2.24) is 19.3 Å². The van der Waals surface area contributed by atoms with Crippen LogP contribution in [0, 0.1) is 18.6 Å². The zero-order valence-corrected chi connectivity index (χ0v) is 21.7. The molecule has 0 aliphatic carbocycles. The number of fused-ring (bicyclic) bond motifs is 1. The molecule has 1 saturated heterocycles. The molecule has 39 heavy (non-hydrogen) atoms. The van der Waals surface area contributed by atoms with Gasteiger partial charge in [-0.25, -0.2) is 13.8 Å². The summed E-state index contributed by atoms with van der Waals surface area (Å²) >= 11 is 0. The topological polar surface area (TPSA) is 120 Å². The Balaban J connectivity index is 1.59. The van der Waals surface area contributed by atoms with E-state index in [4.69, 9.17) is 15.5 Å². The minimum atomic E-state index is -0.976. The first kappa shape index (κ1) is 26.4. The van der Waals surface area contributed by atoms with Gasteiger partial charge in [0.05, 0.1) is 23.5 Å². The number of aromatic nitrogens is 4. The largest absolute Gasteiger partial charge is 0.383 e. The molecule has 5 rings (SSSR count). The van der Waals surface area contributed by atoms with Crippen molar-refractivity contribution in [1.29, 1.82) is 0 Å². The van der Waals surface area contributed by atoms with E-state index in [0.717, 1.165) is 49.1 Å². The number of anilines is 2. The van der Waals surface area contributed by atoms with Gasteiger partial charge >= 0.3 is 0 Å². The molecular formula is C27H29F2N7O3. The third-order valence-corrected chi connectivity index (χ3v) is 7.03. The molecule has 0 spiro atoms. The summed E-state index contributed by atoms with van der Waals surface area (Å²) in [4.78, 5) is 33.6. The van der Waals surface area contributed by atoms with Gasteiger partial charge in [-0.15, -0.1) is 0 Å². The molecule has 1 unspecified atom stereocenters. The number of hydrogen-bond donors (Lipinski definition) is 2. The number of hydrogen-bond acceptors (Lipinski definition) is 7. The first-order valence-electron chi connectivity index (χ1n) is 12.6. The number of halogens is 2. The Morgan fingerprint density at radius 1 is 1.18 bits per heavy atom. The van der Waals surface area contributed by atoms with Crippen molar-refractivity contribution < 1.29 is 18.3 Å². The third-order valence-electron chi connectivity index (χ3n) is 7.03. The number of benzene rings is 2. The first-order chi connectivity index (χ1) is 18.8. The predicted octanol–water partition coefficient (Wildman–Crippen LogP) is 3.00. The highest BCUT2D eigenvalue weighted by molar-refractivity contribution is 6.09. The quantitative estimate of drug-likeness (QED) is 0.355. The number of methoxy groups -OCH3 is 1. The Hall–Kier alpha value is -4.16. The Labute approximate surface area is 223 Å². The SMILES string of the molecule is COCCn1c(C)nc2c(N3CCCC3CN)c(NC(=O)c3ccnn(-c4c(F)cccc4F)c3=O)ccc21. The number of nitrogens with two attached hydrogens (primary N) is 1. The van der Waals surface area contributed by atoms with E-state index in [0.29, 0.717) is 41.3 Å². The number of amides is 1. The van der Waals surface area contributed by atoms with Gasteiger partial charge in [0.1, 0.15) is 22.6 Å². The zero-order chi connectivity index (χ0) is 27.7. The van der Waals surface area contributed by atoms with Gasteiger partial charge in [-0.1, -0.05) is 6.07 Å². The lowest BCUT2D eigenvalue weighted by Gasteiger charge is -2.28. The van der Waals surface area contributed by atoms with Gasteiger partial charge in [-0.3, -0.25) is 9.59 Å². The fourth-order valence-corrected chi connectivity index (χ4v) is 5.15. The second kappa shape index (κ2) is 10.9. The van der Waals surface area contributed by atoms with Crippen LogP contribution in [0.1, 0.15) is 29.0 Å². The summed E-state index contributed by atoms with van der Waals surface area (Å²) < 4.78 is 36.6. The summed E-state index contributed by atoms with van der Waals surface area (Å²) in [5.74, 6) is -1.90. The maximum absolute atomic E-state index is 14.4. The Morgan fingerprint density at radius 2 is 1.95 bits per heavy atom. The summed E-state index contributed by atoms with van der Waals surface area (Å²) in [5, 5.41) is 6.64. The maximum Gasteiger partial charge on any atom is 0.284 e. The van der Waals surface area contributed by atoms with E-state index in [1.807, 2.05) is 17.6 Å². The van der Waals surface area contributed by atoms with Gasteiger partial charge in [0, 0.05) is 39.0 Å². The van der Waals surface area contributed by atoms with Crippen molar-refractivity contribution in [3.05, 3.63) is 76.0 Å². The molecule has 204 valence electrons. The van der Waals surface area contributed by atoms with E-state index in [-0.39, 0.29) is 11.6 Å². The van der Waals surface area contributed by atoms with Crippen molar-refractivity contribution in [2.24, 2.45) is 5.73 Å². The van der Waals surface area contributed by atoms with E-state index in [9.17, 15) is 18.4 Å². The Kier molecular flexibility index (Phi) is 7.40. The number of nitrogens with zero attached hydrogens (tertiary/aromatic N) is 5. The standard InChI is InChI=1S/C27H29F2N7O3/c1-16-32-23-22(34(16)13-14-39-2)9-8-21(25(23)35-12-4-5-17(35)15-30)33-26(37)18-10-11-31-36(27(18)38)24-19(28)6-3-7-20(24)29/h3,6-11,17H,4-5,12-15,30H2,1-2H3,(H,33,37). The molecule has 1 aliphatic rings. The van der Waals surface area contributed by atoms with Crippen LogP contribution in [-0.4, -0.2) is 58.1 Å². The highest BCUT2D eigenvalue weighted by Gasteiger charge is 2.30. The lowest BCUT2D eigenvalue weighted by atomic mass is 10.1. The maximum atomic E-state index is 14.4. The highest BCUT2D eigenvalue weighted by Crippen LogP contribution is 2.38. The first-order valence-corrected chi connectivity index (χ1v) is 12.6. The molecule has 0 saturated carbocycles. The molecule has 0 bridgehead atoms. The second-order valence-corrected chi connectivity index (χ2v) is 9.34. The number of rotatable bonds is 8. The molecule has 10 nitrogen and oxygen atoms in total. The Bertz CT molecular complexity index is 1580. The van der Waals surface area contributed by atoms with Crippen LogP contribution in [0.15, 0.2) is 47.4 Å². The number of ether oxygens (including phenoxy) is 1. The summed E-state index contributed by atoms with van der Waals surface area (Å²) in [7, 11) is 1.64. The van der Waals surface area contributed by atoms with Gasteiger partial charge in [0.25, 0.3) is 11.5 Å². The minimum Gasteiger partial charge on any atom is -0.383 e. The van der Waals surface area contributed by atoms with Gasteiger partial charge < -0.3 is 25.3 Å². The molecule has 0 radical (unpaired) electrons. The molecule has 4 aromatic rings. The number of carbonyl (C=O) groups is 1. The average Bonchev–Trinajstić information content (AvgIpc) is 3.51. The molecule has 1 aliphatic heterocycles. The molecule has 12 heteroatoms. The zero-order valence-electron chi connectivity index (χ0n) is 21.7. The molecule has 2 aromatic heterocycles. The van der Waals surface area contributed by atoms with Crippen LogP contribution in [0.3, 0.4) is 0 Å². The molecule has 1 amide bonds. The lowest BCUT2D eigenvalue weighted by Crippen LogP contribution is -2.36. The second-order valence-electron chi connectivity index (χ2n) is 9.34. The van der Waals surface area contributed by atoms with E-state index >= 15 is 0 Å². The normalized spacial score (nSPS) is 15.3. The molecular weight excluding hydrogens is 508 g/mol. The monoisotopic (exact) mass is 537 g/mol. The van der Waals surface area contributed by atoms with Crippen LogP contribution in [0.4, 0.5) is 20.2 Å². The van der Waals surface area contributed by atoms with Crippen molar-refractivity contribution in [3.63, 3.8) is 0 Å². The van der Waals surface area contributed by atoms with Crippen molar-refractivity contribution in [3.8, 4) is 5.69 Å². The fourth-order valence-electron chi connectivity index (χ4n) is 5.15. The molecule has 3 N–H and O–H groups in total. The van der Waals surface area contributed by atoms with Crippen LogP contribution >= 0.6 is 0 Å². The fraction of sp³-hybridized carbons (Fsp3) is 0.333. The smallest absolute Gasteiger partial charge is 0.284 e. The lowest BCUT2D eigenvalue weighted by molar-refractivity contribution is 0.102. The number of nitrogens with one attached hydrogen (secondary N) is 1. The van der Waals surface area contributed by atoms with Gasteiger partial charge in [0.15, 0.2) is 11.6 Å². The molecule has 2 aromatic carbocycles. The average molecular weight is 538 g/mol. The van der Waals surface area contributed by atoms with Crippen molar-refractivity contribution >= 4 is 28.3 Å². The predicted molar refractivity (Wildman–Crippen MR) is 143 cm³/mol. The molecule has 3 heterocycles. The Morgan fingerprint density at radius 3 is 2.67 bits per heavy atom. The molecule has 1 atom stereocenters. The highest BCUT2D eigenvalue weighted by atomic mass is 19.1. The van der Waals surface area contributed by atoms with Gasteiger partial charge in [0.2, 0.25) is 0 Å². The minimum absolute atomic E-state index is 0.0536. The number of imidazole rings is 1. The number of carbonyl (C=O) groups excluding carboxylic acids is 1. The summed E-state index contributed by atoms with van der Waals surface area (Å²) in [6.45, 7) is 4.17. The van der Waals surface area contributed by atoms with Crippen molar-refractivity contribution in [2.75, 3.05) is 37.0 Å². The summed E-state index contributed by atoms with van der Waals surface area (Å²) in [5.41, 5.74) is 6.88. The third kappa shape index (κ3) is 4.77. The van der Waals surface area contributed by atoms with E-state index in [1.54, 1.807) is 13.2 Å². The number of aryl methyl sites for hydroxylation is 1. The van der Waals surface area contributed by atoms with Crippen molar-refractivity contribution in [2.45, 2.75) is 32.4 Å². The van der Waals surface area contributed by atoms with Crippen LogP contribution in [-0.2, 0) is 11.3 Å². The van der Waals surface area contributed by atoms with Crippen LogP contribution < -0.4 is 21.5 Å². The van der Waals surface area contributed by atoms with E-state index < -0.39 is 28.8 Å².